The summed E-state index contributed by atoms with van der Waals surface area (Å²) in [5.74, 6) is 1.43. The highest BCUT2D eigenvalue weighted by molar-refractivity contribution is 5.71. The monoisotopic (exact) mass is 501 g/mol. The van der Waals surface area contributed by atoms with Gasteiger partial charge in [-0.15, -0.1) is 0 Å². The lowest BCUT2D eigenvalue weighted by atomic mass is 10.2. The van der Waals surface area contributed by atoms with E-state index in [4.69, 9.17) is 9.47 Å². The van der Waals surface area contributed by atoms with Gasteiger partial charge in [0.2, 0.25) is 6.41 Å². The van der Waals surface area contributed by atoms with E-state index in [9.17, 15) is 9.59 Å². The molecule has 2 aliphatic rings. The molecule has 0 aromatic heterocycles. The molecule has 3 aromatic rings. The summed E-state index contributed by atoms with van der Waals surface area (Å²) in [7, 11) is 1.66. The van der Waals surface area contributed by atoms with Crippen LogP contribution in [0.3, 0.4) is 0 Å². The van der Waals surface area contributed by atoms with E-state index in [1.54, 1.807) is 12.0 Å². The number of aryl methyl sites for hydroxylation is 1. The summed E-state index contributed by atoms with van der Waals surface area (Å²) in [6.45, 7) is 5.64. The van der Waals surface area contributed by atoms with Crippen molar-refractivity contribution < 1.29 is 19.1 Å². The van der Waals surface area contributed by atoms with Crippen molar-refractivity contribution in [2.24, 2.45) is 0 Å². The Kier molecular flexibility index (Phi) is 9.03. The van der Waals surface area contributed by atoms with Crippen molar-refractivity contribution in [1.82, 2.24) is 9.80 Å². The average Bonchev–Trinajstić information content (AvgIpc) is 3.80. The first kappa shape index (κ1) is 26.1. The van der Waals surface area contributed by atoms with Crippen LogP contribution in [-0.4, -0.2) is 61.6 Å². The number of methoxy groups -OCH3 is 1. The van der Waals surface area contributed by atoms with Gasteiger partial charge >= 0.3 is 6.09 Å². The lowest BCUT2D eigenvalue weighted by Gasteiger charge is -2.35. The first-order chi connectivity index (χ1) is 18.1. The van der Waals surface area contributed by atoms with E-state index in [1.807, 2.05) is 78.6 Å². The van der Waals surface area contributed by atoms with Gasteiger partial charge in [0.1, 0.15) is 11.5 Å². The van der Waals surface area contributed by atoms with Gasteiger partial charge in [-0.1, -0.05) is 48.0 Å². The van der Waals surface area contributed by atoms with Gasteiger partial charge in [0.15, 0.2) is 0 Å². The van der Waals surface area contributed by atoms with Crippen molar-refractivity contribution in [1.29, 1.82) is 0 Å². The fraction of sp³-hybridized carbons (Fsp3) is 0.333. The molecule has 1 aliphatic carbocycles. The van der Waals surface area contributed by atoms with Crippen LogP contribution in [0.4, 0.5) is 10.5 Å². The number of anilines is 1. The van der Waals surface area contributed by atoms with Crippen molar-refractivity contribution in [2.75, 3.05) is 38.2 Å². The topological polar surface area (TPSA) is 62.3 Å². The van der Waals surface area contributed by atoms with E-state index in [0.29, 0.717) is 24.9 Å². The summed E-state index contributed by atoms with van der Waals surface area (Å²) in [5.41, 5.74) is 3.49. The third-order valence-corrected chi connectivity index (χ3v) is 6.56. The number of nitrogens with zero attached hydrogens (tertiary/aromatic N) is 3. The molecule has 1 saturated heterocycles. The van der Waals surface area contributed by atoms with Gasteiger partial charge < -0.3 is 24.2 Å². The second-order valence-electron chi connectivity index (χ2n) is 9.35. The Morgan fingerprint density at radius 1 is 0.892 bits per heavy atom. The van der Waals surface area contributed by atoms with Gasteiger partial charge in [-0.05, 0) is 61.7 Å². The molecular formula is C30H35N3O4. The van der Waals surface area contributed by atoms with E-state index in [-0.39, 0.29) is 6.09 Å². The molecule has 2 fully saturated rings. The number of piperazine rings is 1. The molecule has 1 saturated carbocycles. The Morgan fingerprint density at radius 2 is 1.51 bits per heavy atom. The highest BCUT2D eigenvalue weighted by atomic mass is 16.6. The van der Waals surface area contributed by atoms with E-state index in [0.717, 1.165) is 43.0 Å². The molecule has 7 nitrogen and oxygen atoms in total. The van der Waals surface area contributed by atoms with Crippen LogP contribution in [0.1, 0.15) is 24.0 Å². The number of carbonyl (C=O) groups is 2. The van der Waals surface area contributed by atoms with Gasteiger partial charge in [-0.25, -0.2) is 4.79 Å². The van der Waals surface area contributed by atoms with Gasteiger partial charge in [-0.3, -0.25) is 4.79 Å². The number of ether oxygens (including phenoxy) is 2. The maximum Gasteiger partial charge on any atom is 0.415 e. The number of carbonyl (C=O) groups excluding carboxylic acids is 2. The summed E-state index contributed by atoms with van der Waals surface area (Å²) in [6.07, 6.45) is 3.02. The maximum absolute atomic E-state index is 12.2. The molecule has 1 aliphatic heterocycles. The SMILES string of the molecule is COc1ccc(N2CCN(C(=O)Oc3ccc(C)cc3)CC2)cc1.O=CN(Cc1ccccc1)C1CC1. The molecule has 0 bridgehead atoms. The lowest BCUT2D eigenvalue weighted by Crippen LogP contribution is -2.49. The quantitative estimate of drug-likeness (QED) is 0.420. The van der Waals surface area contributed by atoms with Crippen molar-refractivity contribution in [3.8, 4) is 11.5 Å². The largest absolute Gasteiger partial charge is 0.497 e. The molecule has 0 radical (unpaired) electrons. The number of benzene rings is 3. The van der Waals surface area contributed by atoms with Gasteiger partial charge in [0.25, 0.3) is 0 Å². The van der Waals surface area contributed by atoms with Crippen LogP contribution in [-0.2, 0) is 11.3 Å². The fourth-order valence-corrected chi connectivity index (χ4v) is 4.16. The summed E-state index contributed by atoms with van der Waals surface area (Å²) in [6, 6.07) is 26.1. The molecular weight excluding hydrogens is 466 g/mol. The van der Waals surface area contributed by atoms with E-state index in [1.165, 1.54) is 18.4 Å². The van der Waals surface area contributed by atoms with Crippen LogP contribution in [0.5, 0.6) is 11.5 Å². The number of hydrogen-bond acceptors (Lipinski definition) is 5. The molecule has 5 rings (SSSR count). The first-order valence-corrected chi connectivity index (χ1v) is 12.7. The molecule has 7 heteroatoms. The fourth-order valence-electron chi connectivity index (χ4n) is 4.16. The van der Waals surface area contributed by atoms with Crippen LogP contribution in [0.2, 0.25) is 0 Å². The predicted octanol–water partition coefficient (Wildman–Crippen LogP) is 5.13. The normalized spacial score (nSPS) is 14.8. The van der Waals surface area contributed by atoms with Crippen LogP contribution in [0.25, 0.3) is 0 Å². The molecule has 0 N–H and O–H groups in total. The van der Waals surface area contributed by atoms with Crippen molar-refractivity contribution in [3.05, 3.63) is 90.0 Å². The molecule has 37 heavy (non-hydrogen) atoms. The Labute approximate surface area is 219 Å². The molecule has 0 spiro atoms. The Hall–Kier alpha value is -4.00. The zero-order chi connectivity index (χ0) is 26.0. The van der Waals surface area contributed by atoms with Crippen molar-refractivity contribution in [2.45, 2.75) is 32.4 Å². The van der Waals surface area contributed by atoms with Gasteiger partial charge in [0, 0.05) is 44.5 Å². The molecule has 2 amide bonds. The second-order valence-corrected chi connectivity index (χ2v) is 9.35. The zero-order valence-corrected chi connectivity index (χ0v) is 21.6. The minimum absolute atomic E-state index is 0.284. The van der Waals surface area contributed by atoms with Crippen LogP contribution < -0.4 is 14.4 Å². The third-order valence-electron chi connectivity index (χ3n) is 6.56. The number of amides is 2. The molecule has 0 unspecified atom stereocenters. The zero-order valence-electron chi connectivity index (χ0n) is 21.6. The minimum atomic E-state index is -0.284. The van der Waals surface area contributed by atoms with Crippen LogP contribution >= 0.6 is 0 Å². The highest BCUT2D eigenvalue weighted by Crippen LogP contribution is 2.26. The van der Waals surface area contributed by atoms with E-state index in [2.05, 4.69) is 17.0 Å². The Bertz CT molecular complexity index is 1120. The van der Waals surface area contributed by atoms with E-state index < -0.39 is 0 Å². The average molecular weight is 502 g/mol. The van der Waals surface area contributed by atoms with Crippen molar-refractivity contribution >= 4 is 18.2 Å². The molecule has 0 atom stereocenters. The smallest absolute Gasteiger partial charge is 0.415 e. The molecule has 1 heterocycles. The summed E-state index contributed by atoms with van der Waals surface area (Å²) in [5, 5.41) is 0. The Balaban J connectivity index is 0.000000207. The number of hydrogen-bond donors (Lipinski definition) is 0. The summed E-state index contributed by atoms with van der Waals surface area (Å²) in [4.78, 5) is 28.9. The van der Waals surface area contributed by atoms with E-state index >= 15 is 0 Å². The minimum Gasteiger partial charge on any atom is -0.497 e. The van der Waals surface area contributed by atoms with Gasteiger partial charge in [0.05, 0.1) is 7.11 Å². The van der Waals surface area contributed by atoms with Crippen LogP contribution in [0, 0.1) is 6.92 Å². The highest BCUT2D eigenvalue weighted by Gasteiger charge is 2.27. The maximum atomic E-state index is 12.2. The number of rotatable bonds is 7. The summed E-state index contributed by atoms with van der Waals surface area (Å²) >= 11 is 0. The first-order valence-electron chi connectivity index (χ1n) is 12.7. The van der Waals surface area contributed by atoms with Crippen molar-refractivity contribution in [3.63, 3.8) is 0 Å². The summed E-state index contributed by atoms with van der Waals surface area (Å²) < 4.78 is 10.6. The Morgan fingerprint density at radius 3 is 2.08 bits per heavy atom. The molecule has 3 aromatic carbocycles. The molecule has 194 valence electrons. The van der Waals surface area contributed by atoms with Crippen LogP contribution in [0.15, 0.2) is 78.9 Å². The lowest BCUT2D eigenvalue weighted by molar-refractivity contribution is -0.119. The predicted molar refractivity (Wildman–Crippen MR) is 145 cm³/mol. The van der Waals surface area contributed by atoms with Gasteiger partial charge in [-0.2, -0.15) is 0 Å². The second kappa shape index (κ2) is 12.8. The third kappa shape index (κ3) is 7.74. The standard InChI is InChI=1S/C19H22N2O3.C11H13NO/c1-15-3-7-18(8-4-15)24-19(22)21-13-11-20(12-14-21)16-5-9-17(23-2)10-6-16;13-9-12(11-6-7-11)8-10-4-2-1-3-5-10/h3-10H,11-14H2,1-2H3;1-5,9,11H,6-8H2.